The van der Waals surface area contributed by atoms with Crippen LogP contribution in [0.15, 0.2) is 0 Å². The van der Waals surface area contributed by atoms with Gasteiger partial charge in [0, 0.05) is 11.8 Å². The summed E-state index contributed by atoms with van der Waals surface area (Å²) in [5.74, 6) is 5.54. The Balaban J connectivity index is 1.30. The Kier molecular flexibility index (Phi) is 5.79. The molecule has 1 saturated heterocycles. The van der Waals surface area contributed by atoms with Crippen LogP contribution in [-0.4, -0.2) is 17.6 Å². The highest BCUT2D eigenvalue weighted by Gasteiger charge is 2.76. The van der Waals surface area contributed by atoms with Crippen molar-refractivity contribution in [2.45, 2.75) is 123 Å². The standard InChI is InChI=1S/C29H49NO2/c1-18(2)7-6-8-19(3)22-9-10-23-21-16-25-29(32-25)17-20(15-26(30)31)11-14-28(29,5)24(21)12-13-27(22,23)4/h18-25H,6-17H2,1-5H3,(H2,30,31)/t19-,20-,21+,22-,23+,24+,25-,27-,28-,29?/m1/s1. The van der Waals surface area contributed by atoms with Crippen LogP contribution in [0.2, 0.25) is 0 Å². The van der Waals surface area contributed by atoms with Gasteiger partial charge in [0.15, 0.2) is 0 Å². The molecule has 0 aromatic rings. The predicted octanol–water partition coefficient (Wildman–Crippen LogP) is 6.73. The van der Waals surface area contributed by atoms with E-state index in [0.29, 0.717) is 29.3 Å². The molecule has 4 aliphatic carbocycles. The SMILES string of the molecule is CC(C)CCC[C@@H](C)[C@H]1CC[C@H]2[C@@H]3C[C@H]4OC45C[C@@H](CC(N)=O)CC[C@]5(C)[C@H]3CC[C@]12C. The summed E-state index contributed by atoms with van der Waals surface area (Å²) in [6, 6.07) is 0. The zero-order valence-electron chi connectivity index (χ0n) is 21.5. The largest absolute Gasteiger partial charge is 0.370 e. The zero-order chi connectivity index (χ0) is 22.9. The number of fused-ring (bicyclic) bond motifs is 4. The highest BCUT2D eigenvalue weighted by atomic mass is 16.6. The van der Waals surface area contributed by atoms with Gasteiger partial charge in [-0.25, -0.2) is 0 Å². The monoisotopic (exact) mass is 443 g/mol. The lowest BCUT2D eigenvalue weighted by Gasteiger charge is -2.60. The van der Waals surface area contributed by atoms with E-state index in [9.17, 15) is 4.79 Å². The van der Waals surface area contributed by atoms with Crippen molar-refractivity contribution in [3.63, 3.8) is 0 Å². The van der Waals surface area contributed by atoms with Gasteiger partial charge in [0.1, 0.15) is 5.60 Å². The van der Waals surface area contributed by atoms with Crippen molar-refractivity contribution in [3.05, 3.63) is 0 Å². The number of carbonyl (C=O) groups is 1. The van der Waals surface area contributed by atoms with Gasteiger partial charge in [-0.2, -0.15) is 0 Å². The van der Waals surface area contributed by atoms with Crippen molar-refractivity contribution in [3.8, 4) is 0 Å². The highest BCUT2D eigenvalue weighted by molar-refractivity contribution is 5.74. The molecule has 32 heavy (non-hydrogen) atoms. The lowest BCUT2D eigenvalue weighted by Crippen LogP contribution is -2.58. The Morgan fingerprint density at radius 3 is 2.53 bits per heavy atom. The van der Waals surface area contributed by atoms with E-state index >= 15 is 0 Å². The minimum atomic E-state index is -0.131. The summed E-state index contributed by atoms with van der Waals surface area (Å²) in [6.07, 6.45) is 15.7. The van der Waals surface area contributed by atoms with Gasteiger partial charge < -0.3 is 10.5 Å². The number of nitrogens with two attached hydrogens (primary N) is 1. The maximum atomic E-state index is 11.6. The summed E-state index contributed by atoms with van der Waals surface area (Å²) in [4.78, 5) is 11.6. The second-order valence-electron chi connectivity index (χ2n) is 13.8. The average Bonchev–Trinajstić information content (AvgIpc) is 3.28. The van der Waals surface area contributed by atoms with Gasteiger partial charge in [-0.3, -0.25) is 4.79 Å². The first kappa shape index (κ1) is 23.2. The molecular weight excluding hydrogens is 394 g/mol. The van der Waals surface area contributed by atoms with Gasteiger partial charge in [-0.15, -0.1) is 0 Å². The molecule has 1 heterocycles. The Morgan fingerprint density at radius 2 is 1.81 bits per heavy atom. The van der Waals surface area contributed by atoms with E-state index < -0.39 is 0 Å². The van der Waals surface area contributed by atoms with E-state index in [0.717, 1.165) is 48.3 Å². The molecule has 0 radical (unpaired) electrons. The third-order valence-electron chi connectivity index (χ3n) is 11.9. The van der Waals surface area contributed by atoms with Crippen LogP contribution in [0.5, 0.6) is 0 Å². The highest BCUT2D eigenvalue weighted by Crippen LogP contribution is 2.74. The van der Waals surface area contributed by atoms with Crippen molar-refractivity contribution in [2.75, 3.05) is 0 Å². The molecule has 0 aromatic heterocycles. The molecule has 182 valence electrons. The first-order valence-corrected chi connectivity index (χ1v) is 14.1. The number of hydrogen-bond acceptors (Lipinski definition) is 2. The molecule has 1 amide bonds. The Bertz CT molecular complexity index is 735. The summed E-state index contributed by atoms with van der Waals surface area (Å²) < 4.78 is 6.66. The van der Waals surface area contributed by atoms with E-state index in [4.69, 9.17) is 10.5 Å². The van der Waals surface area contributed by atoms with E-state index in [-0.39, 0.29) is 11.5 Å². The third kappa shape index (κ3) is 3.42. The smallest absolute Gasteiger partial charge is 0.217 e. The molecule has 3 heteroatoms. The van der Waals surface area contributed by atoms with Gasteiger partial charge in [0.05, 0.1) is 6.10 Å². The van der Waals surface area contributed by atoms with Crippen LogP contribution in [0.25, 0.3) is 0 Å². The number of carbonyl (C=O) groups excluding carboxylic acids is 1. The summed E-state index contributed by atoms with van der Waals surface area (Å²) in [5.41, 5.74) is 6.50. The number of hydrogen-bond donors (Lipinski definition) is 1. The molecule has 4 saturated carbocycles. The fraction of sp³-hybridized carbons (Fsp3) is 0.966. The first-order chi connectivity index (χ1) is 15.1. The van der Waals surface area contributed by atoms with Crippen LogP contribution >= 0.6 is 0 Å². The predicted molar refractivity (Wildman–Crippen MR) is 130 cm³/mol. The summed E-state index contributed by atoms with van der Waals surface area (Å²) >= 11 is 0. The maximum absolute atomic E-state index is 11.6. The van der Waals surface area contributed by atoms with E-state index in [1.54, 1.807) is 0 Å². The maximum Gasteiger partial charge on any atom is 0.217 e. The molecule has 0 aromatic carbocycles. The molecule has 2 N–H and O–H groups in total. The van der Waals surface area contributed by atoms with Gasteiger partial charge in [-0.05, 0) is 98.2 Å². The molecule has 1 spiro atoms. The van der Waals surface area contributed by atoms with Gasteiger partial charge >= 0.3 is 0 Å². The molecule has 10 atom stereocenters. The summed E-state index contributed by atoms with van der Waals surface area (Å²) in [5, 5.41) is 0. The van der Waals surface area contributed by atoms with Crippen molar-refractivity contribution < 1.29 is 9.53 Å². The number of epoxide rings is 1. The van der Waals surface area contributed by atoms with Gasteiger partial charge in [-0.1, -0.05) is 53.9 Å². The Hall–Kier alpha value is -0.570. The van der Waals surface area contributed by atoms with Crippen molar-refractivity contribution in [1.82, 2.24) is 0 Å². The topological polar surface area (TPSA) is 55.6 Å². The number of primary amides is 1. The number of ether oxygens (including phenoxy) is 1. The van der Waals surface area contributed by atoms with E-state index in [1.165, 1.54) is 57.8 Å². The minimum Gasteiger partial charge on any atom is -0.370 e. The number of rotatable bonds is 7. The van der Waals surface area contributed by atoms with Crippen molar-refractivity contribution in [1.29, 1.82) is 0 Å². The average molecular weight is 444 g/mol. The minimum absolute atomic E-state index is 0.0718. The molecule has 5 aliphatic rings. The first-order valence-electron chi connectivity index (χ1n) is 14.1. The van der Waals surface area contributed by atoms with Crippen LogP contribution in [0, 0.1) is 52.3 Å². The van der Waals surface area contributed by atoms with Crippen molar-refractivity contribution >= 4 is 5.91 Å². The Labute approximate surface area is 197 Å². The number of amides is 1. The molecular formula is C29H49NO2. The molecule has 5 rings (SSSR count). The second kappa shape index (κ2) is 7.99. The molecule has 3 nitrogen and oxygen atoms in total. The summed E-state index contributed by atoms with van der Waals surface area (Å²) in [6.45, 7) is 12.6. The third-order valence-corrected chi connectivity index (χ3v) is 11.9. The molecule has 1 unspecified atom stereocenters. The lowest BCUT2D eigenvalue weighted by atomic mass is 9.43. The van der Waals surface area contributed by atoms with Crippen LogP contribution < -0.4 is 5.73 Å². The zero-order valence-corrected chi connectivity index (χ0v) is 21.5. The quantitative estimate of drug-likeness (QED) is 0.443. The normalized spacial score (nSPS) is 50.2. The van der Waals surface area contributed by atoms with E-state index in [1.807, 2.05) is 0 Å². The van der Waals surface area contributed by atoms with Gasteiger partial charge in [0.2, 0.25) is 5.91 Å². The van der Waals surface area contributed by atoms with Crippen LogP contribution in [0.4, 0.5) is 0 Å². The molecule has 0 bridgehead atoms. The van der Waals surface area contributed by atoms with E-state index in [2.05, 4.69) is 34.6 Å². The van der Waals surface area contributed by atoms with Crippen LogP contribution in [0.3, 0.4) is 0 Å². The fourth-order valence-corrected chi connectivity index (χ4v) is 10.3. The fourth-order valence-electron chi connectivity index (χ4n) is 10.3. The van der Waals surface area contributed by atoms with Crippen LogP contribution in [-0.2, 0) is 9.53 Å². The van der Waals surface area contributed by atoms with Crippen LogP contribution in [0.1, 0.15) is 112 Å². The van der Waals surface area contributed by atoms with Crippen molar-refractivity contribution in [2.24, 2.45) is 58.0 Å². The summed E-state index contributed by atoms with van der Waals surface area (Å²) in [7, 11) is 0. The second-order valence-corrected chi connectivity index (χ2v) is 13.8. The molecule has 1 aliphatic heterocycles. The Morgan fingerprint density at radius 1 is 1.03 bits per heavy atom. The molecule has 5 fully saturated rings. The lowest BCUT2D eigenvalue weighted by molar-refractivity contribution is -0.123. The van der Waals surface area contributed by atoms with Gasteiger partial charge in [0.25, 0.3) is 0 Å².